The second-order valence-corrected chi connectivity index (χ2v) is 7.31. The number of anilines is 3. The summed E-state index contributed by atoms with van der Waals surface area (Å²) in [6, 6.07) is 10.4. The number of carbonyl (C=O) groups excluding carboxylic acids is 1. The highest BCUT2D eigenvalue weighted by atomic mass is 32.2. The number of Topliss-reactive ketones (excluding diaryl/α,β-unsaturated/α-hetero) is 1. The van der Waals surface area contributed by atoms with E-state index in [1.165, 1.54) is 13.1 Å². The lowest BCUT2D eigenvalue weighted by Gasteiger charge is -2.09. The molecule has 6 nitrogen and oxygen atoms in total. The number of ketones is 1. The number of nitrogens with zero attached hydrogens (tertiary/aromatic N) is 1. The highest BCUT2D eigenvalue weighted by Crippen LogP contribution is 2.18. The van der Waals surface area contributed by atoms with Gasteiger partial charge in [-0.2, -0.15) is 0 Å². The summed E-state index contributed by atoms with van der Waals surface area (Å²) >= 11 is 0. The number of pyridine rings is 1. The summed E-state index contributed by atoms with van der Waals surface area (Å²) in [6.45, 7) is 3.46. The number of rotatable bonds is 8. The van der Waals surface area contributed by atoms with Crippen LogP contribution in [-0.4, -0.2) is 24.9 Å². The van der Waals surface area contributed by atoms with E-state index in [-0.39, 0.29) is 11.5 Å². The van der Waals surface area contributed by atoms with Crippen LogP contribution in [0.15, 0.2) is 42.6 Å². The molecule has 0 amide bonds. The first kappa shape index (κ1) is 17.9. The second-order valence-electron chi connectivity index (χ2n) is 5.47. The normalized spacial score (nSPS) is 11.1. The Bertz CT molecular complexity index is 785. The van der Waals surface area contributed by atoms with E-state index < -0.39 is 10.0 Å². The van der Waals surface area contributed by atoms with E-state index in [1.807, 2.05) is 6.92 Å². The number of nitrogens with one attached hydrogen (secondary N) is 2. The van der Waals surface area contributed by atoms with Gasteiger partial charge in [0, 0.05) is 11.3 Å². The van der Waals surface area contributed by atoms with Crippen molar-refractivity contribution in [2.24, 2.45) is 0 Å². The van der Waals surface area contributed by atoms with Crippen molar-refractivity contribution in [1.29, 1.82) is 0 Å². The molecule has 0 radical (unpaired) electrons. The van der Waals surface area contributed by atoms with E-state index in [9.17, 15) is 13.2 Å². The molecule has 128 valence electrons. The minimum absolute atomic E-state index is 0.0133. The zero-order chi connectivity index (χ0) is 17.6. The lowest BCUT2D eigenvalue weighted by Crippen LogP contribution is -2.16. The van der Waals surface area contributed by atoms with Gasteiger partial charge in [0.15, 0.2) is 5.78 Å². The van der Waals surface area contributed by atoms with E-state index in [2.05, 4.69) is 15.0 Å². The SMILES string of the molecule is CCCCS(=O)(=O)Nc1ccc(Nc2ccc(C(C)=O)cc2)nc1. The summed E-state index contributed by atoms with van der Waals surface area (Å²) in [5.41, 5.74) is 1.87. The number of hydrogen-bond acceptors (Lipinski definition) is 5. The van der Waals surface area contributed by atoms with Crippen molar-refractivity contribution >= 4 is 33.0 Å². The molecule has 0 aliphatic rings. The highest BCUT2D eigenvalue weighted by Gasteiger charge is 2.09. The monoisotopic (exact) mass is 347 g/mol. The zero-order valence-corrected chi connectivity index (χ0v) is 14.6. The molecular weight excluding hydrogens is 326 g/mol. The molecule has 0 aliphatic carbocycles. The summed E-state index contributed by atoms with van der Waals surface area (Å²) in [7, 11) is -3.32. The van der Waals surface area contributed by atoms with Crippen molar-refractivity contribution in [3.05, 3.63) is 48.2 Å². The average Bonchev–Trinajstić information content (AvgIpc) is 2.55. The van der Waals surface area contributed by atoms with Gasteiger partial charge in [-0.05, 0) is 49.7 Å². The number of aromatic nitrogens is 1. The number of unbranched alkanes of at least 4 members (excludes halogenated alkanes) is 1. The third-order valence-electron chi connectivity index (χ3n) is 3.37. The third kappa shape index (κ3) is 5.34. The Kier molecular flexibility index (Phi) is 5.92. The van der Waals surface area contributed by atoms with Crippen LogP contribution in [0.25, 0.3) is 0 Å². The predicted molar refractivity (Wildman–Crippen MR) is 96.3 cm³/mol. The number of hydrogen-bond donors (Lipinski definition) is 2. The van der Waals surface area contributed by atoms with Crippen LogP contribution in [0.4, 0.5) is 17.2 Å². The Morgan fingerprint density at radius 2 is 1.75 bits per heavy atom. The maximum Gasteiger partial charge on any atom is 0.232 e. The summed E-state index contributed by atoms with van der Waals surface area (Å²) in [4.78, 5) is 15.4. The number of sulfonamides is 1. The Labute approximate surface area is 142 Å². The van der Waals surface area contributed by atoms with Crippen LogP contribution in [0.1, 0.15) is 37.0 Å². The Hall–Kier alpha value is -2.41. The topological polar surface area (TPSA) is 88.2 Å². The first-order valence-corrected chi connectivity index (χ1v) is 9.39. The van der Waals surface area contributed by atoms with Crippen molar-refractivity contribution < 1.29 is 13.2 Å². The van der Waals surface area contributed by atoms with Crippen LogP contribution in [0.2, 0.25) is 0 Å². The molecule has 1 aromatic carbocycles. The van der Waals surface area contributed by atoms with Crippen molar-refractivity contribution in [3.8, 4) is 0 Å². The summed E-state index contributed by atoms with van der Waals surface area (Å²) in [5.74, 6) is 0.702. The standard InChI is InChI=1S/C17H21N3O3S/c1-3-4-11-24(22,23)20-16-9-10-17(18-12-16)19-15-7-5-14(6-8-15)13(2)21/h5-10,12,20H,3-4,11H2,1-2H3,(H,18,19). The van der Waals surface area contributed by atoms with Crippen LogP contribution in [0, 0.1) is 0 Å². The van der Waals surface area contributed by atoms with Crippen LogP contribution in [0.3, 0.4) is 0 Å². The molecule has 0 saturated carbocycles. The van der Waals surface area contributed by atoms with Crippen LogP contribution < -0.4 is 10.0 Å². The van der Waals surface area contributed by atoms with E-state index in [1.54, 1.807) is 36.4 Å². The van der Waals surface area contributed by atoms with Gasteiger partial charge in [0.25, 0.3) is 0 Å². The fraction of sp³-hybridized carbons (Fsp3) is 0.294. The maximum atomic E-state index is 11.8. The molecule has 2 N–H and O–H groups in total. The number of benzene rings is 1. The van der Waals surface area contributed by atoms with Gasteiger partial charge in [0.2, 0.25) is 10.0 Å². The highest BCUT2D eigenvalue weighted by molar-refractivity contribution is 7.92. The van der Waals surface area contributed by atoms with E-state index >= 15 is 0 Å². The molecule has 0 aliphatic heterocycles. The molecule has 0 spiro atoms. The van der Waals surface area contributed by atoms with Gasteiger partial charge in [0.05, 0.1) is 17.6 Å². The molecule has 0 fully saturated rings. The third-order valence-corrected chi connectivity index (χ3v) is 4.74. The van der Waals surface area contributed by atoms with E-state index in [0.29, 0.717) is 23.5 Å². The Morgan fingerprint density at radius 1 is 1.08 bits per heavy atom. The van der Waals surface area contributed by atoms with Crippen LogP contribution in [-0.2, 0) is 10.0 Å². The molecule has 1 aromatic heterocycles. The van der Waals surface area contributed by atoms with Crippen LogP contribution >= 0.6 is 0 Å². The summed E-state index contributed by atoms with van der Waals surface area (Å²) in [5, 5.41) is 3.09. The fourth-order valence-electron chi connectivity index (χ4n) is 2.03. The smallest absolute Gasteiger partial charge is 0.232 e. The lowest BCUT2D eigenvalue weighted by atomic mass is 10.1. The van der Waals surface area contributed by atoms with Gasteiger partial charge < -0.3 is 5.32 Å². The van der Waals surface area contributed by atoms with Crippen molar-refractivity contribution in [3.63, 3.8) is 0 Å². The van der Waals surface area contributed by atoms with Gasteiger partial charge in [-0.3, -0.25) is 9.52 Å². The quantitative estimate of drug-likeness (QED) is 0.713. The fourth-order valence-corrected chi connectivity index (χ4v) is 3.28. The molecular formula is C17H21N3O3S. The maximum absolute atomic E-state index is 11.8. The Balaban J connectivity index is 2.00. The summed E-state index contributed by atoms with van der Waals surface area (Å²) < 4.78 is 26.2. The van der Waals surface area contributed by atoms with E-state index in [4.69, 9.17) is 0 Å². The molecule has 0 unspecified atom stereocenters. The van der Waals surface area contributed by atoms with Crippen molar-refractivity contribution in [2.45, 2.75) is 26.7 Å². The van der Waals surface area contributed by atoms with E-state index in [0.717, 1.165) is 12.1 Å². The Morgan fingerprint density at radius 3 is 2.29 bits per heavy atom. The molecule has 2 rings (SSSR count). The molecule has 0 saturated heterocycles. The molecule has 7 heteroatoms. The van der Waals surface area contributed by atoms with Gasteiger partial charge in [0.1, 0.15) is 5.82 Å². The van der Waals surface area contributed by atoms with Gasteiger partial charge in [-0.25, -0.2) is 13.4 Å². The van der Waals surface area contributed by atoms with Crippen molar-refractivity contribution in [2.75, 3.05) is 15.8 Å². The zero-order valence-electron chi connectivity index (χ0n) is 13.7. The van der Waals surface area contributed by atoms with Gasteiger partial charge in [-0.15, -0.1) is 0 Å². The molecule has 0 atom stereocenters. The molecule has 2 aromatic rings. The van der Waals surface area contributed by atoms with Gasteiger partial charge in [-0.1, -0.05) is 13.3 Å². The molecule has 1 heterocycles. The van der Waals surface area contributed by atoms with Crippen LogP contribution in [0.5, 0.6) is 0 Å². The largest absolute Gasteiger partial charge is 0.340 e. The first-order chi connectivity index (χ1) is 11.4. The predicted octanol–water partition coefficient (Wildman–Crippen LogP) is 3.57. The molecule has 0 bridgehead atoms. The minimum Gasteiger partial charge on any atom is -0.340 e. The first-order valence-electron chi connectivity index (χ1n) is 7.74. The molecule has 24 heavy (non-hydrogen) atoms. The van der Waals surface area contributed by atoms with Gasteiger partial charge >= 0.3 is 0 Å². The second kappa shape index (κ2) is 7.92. The number of carbonyl (C=O) groups is 1. The lowest BCUT2D eigenvalue weighted by molar-refractivity contribution is 0.101. The summed E-state index contributed by atoms with van der Waals surface area (Å²) in [6.07, 6.45) is 2.92. The van der Waals surface area contributed by atoms with Crippen molar-refractivity contribution in [1.82, 2.24) is 4.98 Å². The minimum atomic E-state index is -3.32. The average molecular weight is 347 g/mol.